The Morgan fingerprint density at radius 2 is 2.06 bits per heavy atom. The summed E-state index contributed by atoms with van der Waals surface area (Å²) in [5, 5.41) is 8.60. The molecule has 4 nitrogen and oxygen atoms in total. The summed E-state index contributed by atoms with van der Waals surface area (Å²) in [4.78, 5) is 12.8. The summed E-state index contributed by atoms with van der Waals surface area (Å²) in [6.45, 7) is 8.00. The number of unbranched alkanes of at least 4 members (excludes halogenated alkanes) is 3. The second kappa shape index (κ2) is 7.10. The van der Waals surface area contributed by atoms with Crippen molar-refractivity contribution in [1.29, 1.82) is 0 Å². The first-order valence-corrected chi connectivity index (χ1v) is 7.06. The van der Waals surface area contributed by atoms with Crippen LogP contribution in [0.5, 0.6) is 0 Å². The summed E-state index contributed by atoms with van der Waals surface area (Å²) >= 11 is 0. The van der Waals surface area contributed by atoms with Crippen molar-refractivity contribution in [1.82, 2.24) is 4.90 Å². The lowest BCUT2D eigenvalue weighted by Crippen LogP contribution is -2.64. The van der Waals surface area contributed by atoms with Gasteiger partial charge in [0.05, 0.1) is 5.60 Å². The van der Waals surface area contributed by atoms with Gasteiger partial charge in [0.25, 0.3) is 0 Å². The predicted octanol–water partition coefficient (Wildman–Crippen LogP) is 2.52. The average molecular weight is 257 g/mol. The topological polar surface area (TPSA) is 49.8 Å². The van der Waals surface area contributed by atoms with Gasteiger partial charge in [0, 0.05) is 19.1 Å². The number of nitrogens with zero attached hydrogens (tertiary/aromatic N) is 1. The molecule has 1 aliphatic rings. The molecule has 0 aliphatic carbocycles. The molecule has 1 fully saturated rings. The van der Waals surface area contributed by atoms with Crippen LogP contribution in [0.2, 0.25) is 0 Å². The summed E-state index contributed by atoms with van der Waals surface area (Å²) in [6, 6.07) is 0.586. The van der Waals surface area contributed by atoms with Crippen LogP contribution in [0, 0.1) is 0 Å². The van der Waals surface area contributed by atoms with Gasteiger partial charge in [-0.05, 0) is 20.3 Å². The van der Waals surface area contributed by atoms with Crippen molar-refractivity contribution in [3.8, 4) is 0 Å². The molecule has 1 atom stereocenters. The number of likely N-dealkylation sites (tertiary alicyclic amines) is 1. The maximum Gasteiger partial charge on any atom is 0.329 e. The van der Waals surface area contributed by atoms with Gasteiger partial charge >= 0.3 is 5.97 Å². The summed E-state index contributed by atoms with van der Waals surface area (Å²) in [5.41, 5.74) is -0.254. The Kier molecular flexibility index (Phi) is 6.09. The lowest BCUT2D eigenvalue weighted by atomic mass is 9.93. The number of carboxylic acids is 1. The van der Waals surface area contributed by atoms with Gasteiger partial charge in [-0.15, -0.1) is 0 Å². The lowest BCUT2D eigenvalue weighted by Gasteiger charge is -2.50. The maximum absolute atomic E-state index is 10.5. The zero-order chi connectivity index (χ0) is 13.6. The van der Waals surface area contributed by atoms with Crippen LogP contribution in [0.25, 0.3) is 0 Å². The SMILES string of the molecule is CCCCCCC(C)N1CC(C)(OCC(=O)O)C1. The highest BCUT2D eigenvalue weighted by Gasteiger charge is 2.41. The number of carbonyl (C=O) groups is 1. The Bertz CT molecular complexity index is 262. The fraction of sp³-hybridized carbons (Fsp3) is 0.929. The van der Waals surface area contributed by atoms with Crippen LogP contribution >= 0.6 is 0 Å². The second-order valence-corrected chi connectivity index (χ2v) is 5.74. The fourth-order valence-corrected chi connectivity index (χ4v) is 2.50. The van der Waals surface area contributed by atoms with Crippen molar-refractivity contribution in [2.24, 2.45) is 0 Å². The van der Waals surface area contributed by atoms with Crippen molar-refractivity contribution < 1.29 is 14.6 Å². The summed E-state index contributed by atoms with van der Waals surface area (Å²) in [5.74, 6) is -0.887. The molecule has 1 heterocycles. The Hall–Kier alpha value is -0.610. The Labute approximate surface area is 110 Å². The molecule has 1 unspecified atom stereocenters. The maximum atomic E-state index is 10.5. The summed E-state index contributed by atoms with van der Waals surface area (Å²) in [7, 11) is 0. The Balaban J connectivity index is 2.14. The molecule has 0 bridgehead atoms. The van der Waals surface area contributed by atoms with Crippen molar-refractivity contribution in [2.45, 2.75) is 64.5 Å². The van der Waals surface area contributed by atoms with Crippen molar-refractivity contribution in [2.75, 3.05) is 19.7 Å². The molecule has 1 N–H and O–H groups in total. The molecular formula is C14H27NO3. The zero-order valence-corrected chi connectivity index (χ0v) is 11.9. The number of hydrogen-bond donors (Lipinski definition) is 1. The van der Waals surface area contributed by atoms with E-state index in [0.29, 0.717) is 6.04 Å². The average Bonchev–Trinajstić information content (AvgIpc) is 2.28. The van der Waals surface area contributed by atoms with Crippen LogP contribution in [0.1, 0.15) is 52.9 Å². The van der Waals surface area contributed by atoms with Crippen LogP contribution in [-0.2, 0) is 9.53 Å². The molecule has 4 heteroatoms. The van der Waals surface area contributed by atoms with Gasteiger partial charge in [0.2, 0.25) is 0 Å². The van der Waals surface area contributed by atoms with E-state index < -0.39 is 5.97 Å². The minimum atomic E-state index is -0.887. The fourth-order valence-electron chi connectivity index (χ4n) is 2.50. The van der Waals surface area contributed by atoms with E-state index in [0.717, 1.165) is 13.1 Å². The molecule has 1 rings (SSSR count). The van der Waals surface area contributed by atoms with E-state index in [2.05, 4.69) is 18.7 Å². The van der Waals surface area contributed by atoms with E-state index >= 15 is 0 Å². The molecule has 0 amide bonds. The van der Waals surface area contributed by atoms with Gasteiger partial charge in [0.15, 0.2) is 0 Å². The van der Waals surface area contributed by atoms with E-state index in [9.17, 15) is 4.79 Å². The minimum Gasteiger partial charge on any atom is -0.480 e. The first-order valence-electron chi connectivity index (χ1n) is 7.06. The van der Waals surface area contributed by atoms with Crippen LogP contribution in [0.3, 0.4) is 0 Å². The van der Waals surface area contributed by atoms with Gasteiger partial charge in [-0.2, -0.15) is 0 Å². The monoisotopic (exact) mass is 257 g/mol. The number of hydrogen-bond acceptors (Lipinski definition) is 3. The first kappa shape index (κ1) is 15.4. The molecular weight excluding hydrogens is 230 g/mol. The first-order chi connectivity index (χ1) is 8.47. The number of carboxylic acid groups (broad SMARTS) is 1. The van der Waals surface area contributed by atoms with E-state index in [-0.39, 0.29) is 12.2 Å². The van der Waals surface area contributed by atoms with Crippen LogP contribution in [0.15, 0.2) is 0 Å². The van der Waals surface area contributed by atoms with E-state index in [1.165, 1.54) is 32.1 Å². The quantitative estimate of drug-likeness (QED) is 0.645. The highest BCUT2D eigenvalue weighted by Crippen LogP contribution is 2.28. The van der Waals surface area contributed by atoms with Crippen molar-refractivity contribution in [3.05, 3.63) is 0 Å². The molecule has 0 saturated carbocycles. The van der Waals surface area contributed by atoms with Gasteiger partial charge in [-0.25, -0.2) is 4.79 Å². The van der Waals surface area contributed by atoms with E-state index in [4.69, 9.17) is 9.84 Å². The highest BCUT2D eigenvalue weighted by molar-refractivity contribution is 5.68. The number of ether oxygens (including phenoxy) is 1. The van der Waals surface area contributed by atoms with Gasteiger partial charge in [-0.1, -0.05) is 32.6 Å². The third kappa shape index (κ3) is 4.94. The van der Waals surface area contributed by atoms with Crippen LogP contribution in [0.4, 0.5) is 0 Å². The standard InChI is InChI=1S/C14H27NO3/c1-4-5-6-7-8-12(2)15-10-14(3,11-15)18-9-13(16)17/h12H,4-11H2,1-3H3,(H,16,17). The molecule has 0 aromatic rings. The second-order valence-electron chi connectivity index (χ2n) is 5.74. The minimum absolute atomic E-state index is 0.185. The lowest BCUT2D eigenvalue weighted by molar-refractivity contribution is -0.169. The third-order valence-corrected chi connectivity index (χ3v) is 3.72. The van der Waals surface area contributed by atoms with Gasteiger partial charge < -0.3 is 9.84 Å². The zero-order valence-electron chi connectivity index (χ0n) is 11.9. The van der Waals surface area contributed by atoms with Gasteiger partial charge in [-0.3, -0.25) is 4.90 Å². The normalized spacial score (nSPS) is 20.4. The number of aliphatic carboxylic acids is 1. The van der Waals surface area contributed by atoms with Gasteiger partial charge in [0.1, 0.15) is 6.61 Å². The van der Waals surface area contributed by atoms with E-state index in [1.54, 1.807) is 0 Å². The molecule has 1 aliphatic heterocycles. The molecule has 0 radical (unpaired) electrons. The Morgan fingerprint density at radius 1 is 1.39 bits per heavy atom. The molecule has 18 heavy (non-hydrogen) atoms. The van der Waals surface area contributed by atoms with Crippen molar-refractivity contribution >= 4 is 5.97 Å². The molecule has 106 valence electrons. The summed E-state index contributed by atoms with van der Waals surface area (Å²) < 4.78 is 5.41. The highest BCUT2D eigenvalue weighted by atomic mass is 16.5. The van der Waals surface area contributed by atoms with Crippen LogP contribution < -0.4 is 0 Å². The Morgan fingerprint density at radius 3 is 2.61 bits per heavy atom. The largest absolute Gasteiger partial charge is 0.480 e. The molecule has 0 spiro atoms. The molecule has 0 aromatic heterocycles. The van der Waals surface area contributed by atoms with Crippen molar-refractivity contribution in [3.63, 3.8) is 0 Å². The molecule has 1 saturated heterocycles. The summed E-state index contributed by atoms with van der Waals surface area (Å²) in [6.07, 6.45) is 6.44. The smallest absolute Gasteiger partial charge is 0.329 e. The third-order valence-electron chi connectivity index (χ3n) is 3.72. The molecule has 0 aromatic carbocycles. The predicted molar refractivity (Wildman–Crippen MR) is 71.8 cm³/mol. The van der Waals surface area contributed by atoms with Crippen LogP contribution in [-0.4, -0.2) is 47.3 Å². The van der Waals surface area contributed by atoms with E-state index in [1.807, 2.05) is 6.92 Å². The number of rotatable bonds is 9.